The Morgan fingerprint density at radius 2 is 2.20 bits per heavy atom. The lowest BCUT2D eigenvalue weighted by molar-refractivity contribution is -0.144. The van der Waals surface area contributed by atoms with E-state index in [-0.39, 0.29) is 18.2 Å². The first-order valence-electron chi connectivity index (χ1n) is 5.02. The summed E-state index contributed by atoms with van der Waals surface area (Å²) in [6.07, 6.45) is 5.03. The maximum atomic E-state index is 11.4. The summed E-state index contributed by atoms with van der Waals surface area (Å²) < 4.78 is 7.69. The van der Waals surface area contributed by atoms with Crippen molar-refractivity contribution in [1.82, 2.24) is 9.13 Å². The minimum Gasteiger partial charge on any atom is -0.464 e. The van der Waals surface area contributed by atoms with Crippen LogP contribution in [0, 0.1) is 0 Å². The molecule has 0 aliphatic carbocycles. The van der Waals surface area contributed by atoms with Gasteiger partial charge in [-0.05, 0) is 6.42 Å². The Bertz CT molecular complexity index is 378. The Balaban J connectivity index is 2.45. The fourth-order valence-corrected chi connectivity index (χ4v) is 1.15. The largest absolute Gasteiger partial charge is 0.464 e. The third-order valence-corrected chi connectivity index (χ3v) is 2.08. The van der Waals surface area contributed by atoms with E-state index in [0.29, 0.717) is 6.61 Å². The molecule has 5 nitrogen and oxygen atoms in total. The lowest BCUT2D eigenvalue weighted by atomic mass is 10.4. The van der Waals surface area contributed by atoms with E-state index in [1.807, 2.05) is 6.92 Å². The van der Waals surface area contributed by atoms with Crippen LogP contribution >= 0.6 is 0 Å². The summed E-state index contributed by atoms with van der Waals surface area (Å²) in [6, 6.07) is 0. The van der Waals surface area contributed by atoms with Crippen molar-refractivity contribution in [3.05, 3.63) is 22.9 Å². The molecule has 0 spiro atoms. The number of nitrogens with zero attached hydrogens (tertiary/aromatic N) is 2. The second-order valence-corrected chi connectivity index (χ2v) is 3.39. The van der Waals surface area contributed by atoms with Crippen LogP contribution in [0.25, 0.3) is 0 Å². The summed E-state index contributed by atoms with van der Waals surface area (Å²) in [4.78, 5) is 22.6. The SMILES string of the molecule is CCCCOC(=O)Cn1ccn(C)c1=O. The molecule has 1 heterocycles. The highest BCUT2D eigenvalue weighted by atomic mass is 16.5. The molecule has 0 fully saturated rings. The molecule has 0 aliphatic heterocycles. The van der Waals surface area contributed by atoms with Gasteiger partial charge in [0.2, 0.25) is 0 Å². The smallest absolute Gasteiger partial charge is 0.328 e. The second kappa shape index (κ2) is 5.38. The number of imidazole rings is 1. The number of hydrogen-bond acceptors (Lipinski definition) is 3. The Morgan fingerprint density at radius 1 is 1.47 bits per heavy atom. The number of esters is 1. The van der Waals surface area contributed by atoms with Gasteiger partial charge >= 0.3 is 11.7 Å². The number of aryl methyl sites for hydroxylation is 1. The first-order chi connectivity index (χ1) is 7.15. The fourth-order valence-electron chi connectivity index (χ4n) is 1.15. The topological polar surface area (TPSA) is 53.2 Å². The Hall–Kier alpha value is -1.52. The van der Waals surface area contributed by atoms with E-state index in [2.05, 4.69) is 0 Å². The molecule has 15 heavy (non-hydrogen) atoms. The highest BCUT2D eigenvalue weighted by Gasteiger charge is 2.06. The zero-order chi connectivity index (χ0) is 11.3. The standard InChI is InChI=1S/C10H16N2O3/c1-3-4-7-15-9(13)8-12-6-5-11(2)10(12)14/h5-6H,3-4,7-8H2,1-2H3. The highest BCUT2D eigenvalue weighted by Crippen LogP contribution is 1.91. The molecular weight excluding hydrogens is 196 g/mol. The molecule has 0 aliphatic rings. The van der Waals surface area contributed by atoms with Crippen molar-refractivity contribution in [3.8, 4) is 0 Å². The van der Waals surface area contributed by atoms with Crippen molar-refractivity contribution < 1.29 is 9.53 Å². The van der Waals surface area contributed by atoms with Crippen molar-refractivity contribution >= 4 is 5.97 Å². The van der Waals surface area contributed by atoms with E-state index >= 15 is 0 Å². The van der Waals surface area contributed by atoms with Gasteiger partial charge in [-0.3, -0.25) is 9.36 Å². The monoisotopic (exact) mass is 212 g/mol. The average molecular weight is 212 g/mol. The van der Waals surface area contributed by atoms with E-state index < -0.39 is 0 Å². The van der Waals surface area contributed by atoms with Crippen molar-refractivity contribution in [2.24, 2.45) is 7.05 Å². The van der Waals surface area contributed by atoms with Gasteiger partial charge in [0.1, 0.15) is 6.54 Å². The summed E-state index contributed by atoms with van der Waals surface area (Å²) in [7, 11) is 1.64. The lowest BCUT2D eigenvalue weighted by Crippen LogP contribution is -2.26. The molecule has 5 heteroatoms. The highest BCUT2D eigenvalue weighted by molar-refractivity contribution is 5.69. The maximum absolute atomic E-state index is 11.4. The molecule has 0 amide bonds. The lowest BCUT2D eigenvalue weighted by Gasteiger charge is -2.03. The van der Waals surface area contributed by atoms with Crippen LogP contribution in [-0.4, -0.2) is 21.7 Å². The normalized spacial score (nSPS) is 10.3. The number of aromatic nitrogens is 2. The summed E-state index contributed by atoms with van der Waals surface area (Å²) in [5.41, 5.74) is -0.206. The van der Waals surface area contributed by atoms with Gasteiger partial charge in [0.15, 0.2) is 0 Å². The third-order valence-electron chi connectivity index (χ3n) is 2.08. The third kappa shape index (κ3) is 3.27. The van der Waals surface area contributed by atoms with Gasteiger partial charge in [-0.25, -0.2) is 4.79 Å². The fraction of sp³-hybridized carbons (Fsp3) is 0.600. The minimum atomic E-state index is -0.364. The van der Waals surface area contributed by atoms with E-state index in [1.54, 1.807) is 19.4 Å². The molecule has 0 saturated heterocycles. The van der Waals surface area contributed by atoms with Gasteiger partial charge in [-0.15, -0.1) is 0 Å². The molecule has 84 valence electrons. The van der Waals surface area contributed by atoms with Gasteiger partial charge in [0, 0.05) is 19.4 Å². The van der Waals surface area contributed by atoms with E-state index in [0.717, 1.165) is 12.8 Å². The number of rotatable bonds is 5. The summed E-state index contributed by atoms with van der Waals surface area (Å²) in [6.45, 7) is 2.44. The molecule has 1 rings (SSSR count). The van der Waals surface area contributed by atoms with Crippen LogP contribution in [0.15, 0.2) is 17.2 Å². The van der Waals surface area contributed by atoms with Gasteiger partial charge in [-0.2, -0.15) is 0 Å². The van der Waals surface area contributed by atoms with Gasteiger partial charge < -0.3 is 9.30 Å². The molecule has 0 bridgehead atoms. The number of unbranched alkanes of at least 4 members (excludes halogenated alkanes) is 1. The van der Waals surface area contributed by atoms with Crippen molar-refractivity contribution in [3.63, 3.8) is 0 Å². The van der Waals surface area contributed by atoms with Crippen molar-refractivity contribution in [2.45, 2.75) is 26.3 Å². The molecule has 1 aromatic heterocycles. The number of carbonyl (C=O) groups is 1. The van der Waals surface area contributed by atoms with Crippen LogP contribution < -0.4 is 5.69 Å². The first kappa shape index (κ1) is 11.6. The molecule has 0 aromatic carbocycles. The Morgan fingerprint density at radius 3 is 2.73 bits per heavy atom. The van der Waals surface area contributed by atoms with Crippen LogP contribution in [0.4, 0.5) is 0 Å². The second-order valence-electron chi connectivity index (χ2n) is 3.39. The van der Waals surface area contributed by atoms with E-state index in [1.165, 1.54) is 9.13 Å². The predicted molar refractivity (Wildman–Crippen MR) is 55.5 cm³/mol. The number of hydrogen-bond donors (Lipinski definition) is 0. The minimum absolute atomic E-state index is 0.0105. The van der Waals surface area contributed by atoms with Crippen molar-refractivity contribution in [2.75, 3.05) is 6.61 Å². The number of carbonyl (C=O) groups excluding carboxylic acids is 1. The van der Waals surface area contributed by atoms with Crippen LogP contribution in [0.1, 0.15) is 19.8 Å². The summed E-state index contributed by atoms with van der Waals surface area (Å²) >= 11 is 0. The molecular formula is C10H16N2O3. The van der Waals surface area contributed by atoms with Gasteiger partial charge in [0.05, 0.1) is 6.61 Å². The van der Waals surface area contributed by atoms with Crippen LogP contribution in [0.3, 0.4) is 0 Å². The summed E-state index contributed by atoms with van der Waals surface area (Å²) in [5.74, 6) is -0.364. The van der Waals surface area contributed by atoms with Gasteiger partial charge in [0.25, 0.3) is 0 Å². The zero-order valence-electron chi connectivity index (χ0n) is 9.10. The predicted octanol–water partition coefficient (Wildman–Crippen LogP) is 0.530. The maximum Gasteiger partial charge on any atom is 0.328 e. The Labute approximate surface area is 88.3 Å². The molecule has 0 radical (unpaired) electrons. The molecule has 0 saturated carbocycles. The molecule has 0 N–H and O–H groups in total. The van der Waals surface area contributed by atoms with Crippen LogP contribution in [0.2, 0.25) is 0 Å². The van der Waals surface area contributed by atoms with Gasteiger partial charge in [-0.1, -0.05) is 13.3 Å². The van der Waals surface area contributed by atoms with Crippen LogP contribution in [0.5, 0.6) is 0 Å². The quantitative estimate of drug-likeness (QED) is 0.528. The van der Waals surface area contributed by atoms with E-state index in [9.17, 15) is 9.59 Å². The average Bonchev–Trinajstić information content (AvgIpc) is 2.50. The number of ether oxygens (including phenoxy) is 1. The summed E-state index contributed by atoms with van der Waals surface area (Å²) in [5, 5.41) is 0. The molecule has 0 atom stereocenters. The molecule has 0 unspecified atom stereocenters. The van der Waals surface area contributed by atoms with Crippen LogP contribution in [-0.2, 0) is 23.1 Å². The zero-order valence-corrected chi connectivity index (χ0v) is 9.10. The first-order valence-corrected chi connectivity index (χ1v) is 5.02. The van der Waals surface area contributed by atoms with E-state index in [4.69, 9.17) is 4.74 Å². The Kier molecular flexibility index (Phi) is 4.15. The molecule has 1 aromatic rings. The van der Waals surface area contributed by atoms with Crippen molar-refractivity contribution in [1.29, 1.82) is 0 Å².